The number of nitrogens with zero attached hydrogens (tertiary/aromatic N) is 1. The van der Waals surface area contributed by atoms with Crippen LogP contribution in [0.5, 0.6) is 0 Å². The van der Waals surface area contributed by atoms with Crippen LogP contribution in [0.3, 0.4) is 0 Å². The molecule has 1 aromatic carbocycles. The zero-order chi connectivity index (χ0) is 17.8. The fourth-order valence-electron chi connectivity index (χ4n) is 4.67. The quantitative estimate of drug-likeness (QED) is 0.649. The van der Waals surface area contributed by atoms with Gasteiger partial charge in [-0.05, 0) is 48.5 Å². The van der Waals surface area contributed by atoms with Crippen LogP contribution in [-0.2, 0) is 22.7 Å². The zero-order valence-corrected chi connectivity index (χ0v) is 14.5. The van der Waals surface area contributed by atoms with Crippen molar-refractivity contribution in [3.63, 3.8) is 0 Å². The summed E-state index contributed by atoms with van der Waals surface area (Å²) < 4.78 is 0. The lowest BCUT2D eigenvalue weighted by molar-refractivity contribution is -0.136. The maximum absolute atomic E-state index is 12.8. The number of amides is 3. The first-order valence-corrected chi connectivity index (χ1v) is 9.32. The molecule has 3 fully saturated rings. The molecule has 1 aliphatic carbocycles. The smallest absolute Gasteiger partial charge is 0.255 e. The highest BCUT2D eigenvalue weighted by molar-refractivity contribution is 6.05. The van der Waals surface area contributed by atoms with Gasteiger partial charge in [-0.15, -0.1) is 0 Å². The fraction of sp³-hybridized carbons (Fsp3) is 0.526. The van der Waals surface area contributed by atoms with Gasteiger partial charge in [0.1, 0.15) is 6.04 Å². The average molecular weight is 354 g/mol. The summed E-state index contributed by atoms with van der Waals surface area (Å²) in [7, 11) is 0. The van der Waals surface area contributed by atoms with E-state index in [1.54, 1.807) is 4.90 Å². The standard InChI is InChI=1S/C19H22N4O3/c24-16-4-3-15(18(25)22-16)23-9-11-2-1-10(5-12(11)19(23)26)6-21-17-13-7-20-8-14(13)17/h1-2,5,13-15,17,20-21H,3-4,6-9H2,(H,22,24,25). The predicted octanol–water partition coefficient (Wildman–Crippen LogP) is -0.245. The molecule has 0 radical (unpaired) electrons. The first-order valence-electron chi connectivity index (χ1n) is 9.32. The fourth-order valence-corrected chi connectivity index (χ4v) is 4.67. The zero-order valence-electron chi connectivity index (χ0n) is 14.5. The number of benzene rings is 1. The molecule has 7 nitrogen and oxygen atoms in total. The van der Waals surface area contributed by atoms with Gasteiger partial charge in [0.05, 0.1) is 0 Å². The van der Waals surface area contributed by atoms with Gasteiger partial charge in [-0.1, -0.05) is 12.1 Å². The Morgan fingerprint density at radius 1 is 1.15 bits per heavy atom. The number of piperidine rings is 2. The minimum Gasteiger partial charge on any atom is -0.322 e. The Kier molecular flexibility index (Phi) is 3.62. The van der Waals surface area contributed by atoms with Crippen LogP contribution in [0.2, 0.25) is 0 Å². The number of nitrogens with one attached hydrogen (secondary N) is 3. The Morgan fingerprint density at radius 3 is 2.73 bits per heavy atom. The summed E-state index contributed by atoms with van der Waals surface area (Å²) in [5, 5.41) is 9.33. The van der Waals surface area contributed by atoms with Gasteiger partial charge in [-0.3, -0.25) is 19.7 Å². The Hall–Kier alpha value is -2.25. The largest absolute Gasteiger partial charge is 0.322 e. The van der Waals surface area contributed by atoms with Gasteiger partial charge < -0.3 is 15.5 Å². The molecule has 0 bridgehead atoms. The molecule has 3 heterocycles. The van der Waals surface area contributed by atoms with Crippen molar-refractivity contribution in [1.29, 1.82) is 0 Å². The van der Waals surface area contributed by atoms with Crippen LogP contribution in [0.15, 0.2) is 18.2 Å². The van der Waals surface area contributed by atoms with E-state index in [2.05, 4.69) is 22.0 Å². The van der Waals surface area contributed by atoms with Gasteiger partial charge in [0, 0.05) is 31.1 Å². The van der Waals surface area contributed by atoms with Crippen LogP contribution in [0.4, 0.5) is 0 Å². The van der Waals surface area contributed by atoms with Crippen molar-refractivity contribution in [2.45, 2.75) is 38.0 Å². The molecular weight excluding hydrogens is 332 g/mol. The summed E-state index contributed by atoms with van der Waals surface area (Å²) in [4.78, 5) is 37.8. The van der Waals surface area contributed by atoms with E-state index in [1.807, 2.05) is 12.1 Å². The minimum absolute atomic E-state index is 0.108. The van der Waals surface area contributed by atoms with Gasteiger partial charge in [-0.25, -0.2) is 0 Å². The van der Waals surface area contributed by atoms with Gasteiger partial charge in [0.15, 0.2) is 0 Å². The lowest BCUT2D eigenvalue weighted by atomic mass is 10.0. The van der Waals surface area contributed by atoms with E-state index in [-0.39, 0.29) is 24.1 Å². The number of carbonyl (C=O) groups excluding carboxylic acids is 3. The Labute approximate surface area is 151 Å². The van der Waals surface area contributed by atoms with Crippen molar-refractivity contribution in [3.05, 3.63) is 34.9 Å². The van der Waals surface area contributed by atoms with E-state index < -0.39 is 6.04 Å². The van der Waals surface area contributed by atoms with Crippen molar-refractivity contribution in [3.8, 4) is 0 Å². The van der Waals surface area contributed by atoms with Crippen molar-refractivity contribution >= 4 is 17.7 Å². The number of fused-ring (bicyclic) bond motifs is 2. The van der Waals surface area contributed by atoms with Gasteiger partial charge >= 0.3 is 0 Å². The first kappa shape index (κ1) is 16.0. The highest BCUT2D eigenvalue weighted by Crippen LogP contribution is 2.41. The normalized spacial score (nSPS) is 32.5. The maximum atomic E-state index is 12.8. The molecule has 0 aromatic heterocycles. The number of hydrogen-bond acceptors (Lipinski definition) is 5. The van der Waals surface area contributed by atoms with E-state index in [0.717, 1.165) is 42.6 Å². The van der Waals surface area contributed by atoms with Crippen LogP contribution in [0.1, 0.15) is 34.3 Å². The molecule has 1 aromatic rings. The number of hydrogen-bond donors (Lipinski definition) is 3. The summed E-state index contributed by atoms with van der Waals surface area (Å²) in [5.41, 5.74) is 2.74. The molecule has 4 aliphatic rings. The topological polar surface area (TPSA) is 90.5 Å². The average Bonchev–Trinajstić information content (AvgIpc) is 2.94. The summed E-state index contributed by atoms with van der Waals surface area (Å²) in [5.74, 6) is 0.786. The van der Waals surface area contributed by atoms with Crippen LogP contribution < -0.4 is 16.0 Å². The second-order valence-corrected chi connectivity index (χ2v) is 7.78. The molecule has 3 atom stereocenters. The molecule has 2 saturated heterocycles. The predicted molar refractivity (Wildman–Crippen MR) is 93.0 cm³/mol. The molecular formula is C19H22N4O3. The Bertz CT molecular complexity index is 798. The van der Waals surface area contributed by atoms with Crippen LogP contribution in [0.25, 0.3) is 0 Å². The highest BCUT2D eigenvalue weighted by Gasteiger charge is 2.52. The lowest BCUT2D eigenvalue weighted by Crippen LogP contribution is -2.52. The number of rotatable bonds is 4. The Morgan fingerprint density at radius 2 is 1.96 bits per heavy atom. The summed E-state index contributed by atoms with van der Waals surface area (Å²) in [6.45, 7) is 3.40. The van der Waals surface area contributed by atoms with E-state index in [4.69, 9.17) is 0 Å². The summed E-state index contributed by atoms with van der Waals surface area (Å²) >= 11 is 0. The van der Waals surface area contributed by atoms with E-state index in [0.29, 0.717) is 24.6 Å². The van der Waals surface area contributed by atoms with Crippen molar-refractivity contribution in [2.75, 3.05) is 13.1 Å². The third-order valence-electron chi connectivity index (χ3n) is 6.23. The molecule has 136 valence electrons. The summed E-state index contributed by atoms with van der Waals surface area (Å²) in [6, 6.07) is 6.05. The van der Waals surface area contributed by atoms with Crippen LogP contribution in [0, 0.1) is 11.8 Å². The molecule has 1 saturated carbocycles. The molecule has 3 N–H and O–H groups in total. The van der Waals surface area contributed by atoms with Crippen molar-refractivity contribution in [1.82, 2.24) is 20.9 Å². The SMILES string of the molecule is O=C1CCC(N2Cc3ccc(CNC4C5CNCC54)cc3C2=O)C(=O)N1. The molecule has 7 heteroatoms. The number of imide groups is 1. The molecule has 26 heavy (non-hydrogen) atoms. The molecule has 0 spiro atoms. The third kappa shape index (κ3) is 2.54. The highest BCUT2D eigenvalue weighted by atomic mass is 16.2. The first-order chi connectivity index (χ1) is 12.6. The van der Waals surface area contributed by atoms with E-state index in [1.165, 1.54) is 0 Å². The van der Waals surface area contributed by atoms with Crippen molar-refractivity contribution < 1.29 is 14.4 Å². The Balaban J connectivity index is 1.27. The van der Waals surface area contributed by atoms with Crippen LogP contribution >= 0.6 is 0 Å². The van der Waals surface area contributed by atoms with Gasteiger partial charge in [0.25, 0.3) is 5.91 Å². The third-order valence-corrected chi connectivity index (χ3v) is 6.23. The number of carbonyl (C=O) groups is 3. The second-order valence-electron chi connectivity index (χ2n) is 7.78. The van der Waals surface area contributed by atoms with Crippen molar-refractivity contribution in [2.24, 2.45) is 11.8 Å². The molecule has 3 aliphatic heterocycles. The summed E-state index contributed by atoms with van der Waals surface area (Å²) in [6.07, 6.45) is 0.682. The molecule has 3 unspecified atom stereocenters. The van der Waals surface area contributed by atoms with Gasteiger partial charge in [0.2, 0.25) is 11.8 Å². The maximum Gasteiger partial charge on any atom is 0.255 e. The monoisotopic (exact) mass is 354 g/mol. The lowest BCUT2D eigenvalue weighted by Gasteiger charge is -2.29. The van der Waals surface area contributed by atoms with Crippen LogP contribution in [-0.4, -0.2) is 47.8 Å². The molecule has 3 amide bonds. The second kappa shape index (κ2) is 5.89. The van der Waals surface area contributed by atoms with E-state index >= 15 is 0 Å². The molecule has 5 rings (SSSR count). The van der Waals surface area contributed by atoms with Gasteiger partial charge in [-0.2, -0.15) is 0 Å². The van der Waals surface area contributed by atoms with E-state index in [9.17, 15) is 14.4 Å². The minimum atomic E-state index is -0.549.